The molecule has 1 fully saturated rings. The van der Waals surface area contributed by atoms with Gasteiger partial charge in [-0.2, -0.15) is 0 Å². The number of thioether (sulfide) groups is 1. The Labute approximate surface area is 185 Å². The minimum absolute atomic E-state index is 0.138. The minimum Gasteiger partial charge on any atom is -0.496 e. The Morgan fingerprint density at radius 1 is 1.10 bits per heavy atom. The van der Waals surface area contributed by atoms with E-state index in [2.05, 4.69) is 10.2 Å². The highest BCUT2D eigenvalue weighted by molar-refractivity contribution is 7.99. The second-order valence-corrected chi connectivity index (χ2v) is 8.43. The fraction of sp³-hybridized carbons (Fsp3) is 0.318. The van der Waals surface area contributed by atoms with E-state index in [1.54, 1.807) is 7.11 Å². The zero-order chi connectivity index (χ0) is 20.9. The number of ether oxygens (including phenoxy) is 1. The number of piperidine rings is 1. The number of likely N-dealkylation sites (tertiary alicyclic amines) is 1. The Hall–Kier alpha value is -2.51. The maximum atomic E-state index is 12.7. The zero-order valence-electron chi connectivity index (χ0n) is 16.8. The Bertz CT molecular complexity index is 1030. The first-order valence-electron chi connectivity index (χ1n) is 9.92. The molecule has 30 heavy (non-hydrogen) atoms. The summed E-state index contributed by atoms with van der Waals surface area (Å²) in [6.07, 6.45) is 3.35. The average Bonchev–Trinajstić information content (AvgIpc) is 3.21. The van der Waals surface area contributed by atoms with E-state index >= 15 is 0 Å². The van der Waals surface area contributed by atoms with Crippen LogP contribution in [-0.4, -0.2) is 51.5 Å². The number of amides is 1. The van der Waals surface area contributed by atoms with E-state index in [0.29, 0.717) is 27.5 Å². The van der Waals surface area contributed by atoms with Gasteiger partial charge in [-0.3, -0.25) is 9.36 Å². The number of methoxy groups -OCH3 is 1. The fourth-order valence-electron chi connectivity index (χ4n) is 3.58. The Kier molecular flexibility index (Phi) is 6.59. The van der Waals surface area contributed by atoms with Gasteiger partial charge >= 0.3 is 0 Å². The highest BCUT2D eigenvalue weighted by atomic mass is 35.5. The van der Waals surface area contributed by atoms with Crippen LogP contribution in [0.15, 0.2) is 53.7 Å². The van der Waals surface area contributed by atoms with E-state index in [9.17, 15) is 4.79 Å². The van der Waals surface area contributed by atoms with Crippen molar-refractivity contribution >= 4 is 29.3 Å². The zero-order valence-corrected chi connectivity index (χ0v) is 18.3. The first kappa shape index (κ1) is 20.8. The molecule has 1 amide bonds. The molecule has 0 radical (unpaired) electrons. The van der Waals surface area contributed by atoms with E-state index in [4.69, 9.17) is 16.3 Å². The summed E-state index contributed by atoms with van der Waals surface area (Å²) in [5, 5.41) is 10.1. The lowest BCUT2D eigenvalue weighted by atomic mass is 10.1. The largest absolute Gasteiger partial charge is 0.496 e. The van der Waals surface area contributed by atoms with E-state index < -0.39 is 0 Å². The first-order valence-corrected chi connectivity index (χ1v) is 11.3. The molecule has 4 rings (SSSR count). The van der Waals surface area contributed by atoms with Crippen molar-refractivity contribution in [2.24, 2.45) is 0 Å². The van der Waals surface area contributed by atoms with Crippen LogP contribution in [0.1, 0.15) is 19.3 Å². The molecule has 0 aliphatic carbocycles. The van der Waals surface area contributed by atoms with Crippen LogP contribution in [0.25, 0.3) is 17.1 Å². The molecule has 0 N–H and O–H groups in total. The van der Waals surface area contributed by atoms with Gasteiger partial charge in [0.1, 0.15) is 5.75 Å². The van der Waals surface area contributed by atoms with Crippen LogP contribution in [0.5, 0.6) is 5.75 Å². The van der Waals surface area contributed by atoms with Crippen molar-refractivity contribution in [1.82, 2.24) is 19.7 Å². The number of carbonyl (C=O) groups is 1. The van der Waals surface area contributed by atoms with Gasteiger partial charge in [0.25, 0.3) is 0 Å². The van der Waals surface area contributed by atoms with Crippen LogP contribution in [0.3, 0.4) is 0 Å². The molecule has 6 nitrogen and oxygen atoms in total. The lowest BCUT2D eigenvalue weighted by Crippen LogP contribution is -2.36. The van der Waals surface area contributed by atoms with Crippen molar-refractivity contribution in [3.05, 3.63) is 53.6 Å². The molecule has 8 heteroatoms. The second kappa shape index (κ2) is 9.53. The summed E-state index contributed by atoms with van der Waals surface area (Å²) in [6.45, 7) is 1.68. The molecule has 0 atom stereocenters. The molecule has 1 aliphatic rings. The Balaban J connectivity index is 1.68. The summed E-state index contributed by atoms with van der Waals surface area (Å²) in [7, 11) is 1.63. The third-order valence-corrected chi connectivity index (χ3v) is 6.23. The van der Waals surface area contributed by atoms with E-state index in [1.165, 1.54) is 18.2 Å². The average molecular weight is 443 g/mol. The van der Waals surface area contributed by atoms with Gasteiger partial charge < -0.3 is 9.64 Å². The predicted octanol–water partition coefficient (Wildman–Crippen LogP) is 4.70. The number of rotatable bonds is 6. The minimum atomic E-state index is 0.138. The van der Waals surface area contributed by atoms with Crippen LogP contribution >= 0.6 is 23.4 Å². The van der Waals surface area contributed by atoms with Gasteiger partial charge in [0.15, 0.2) is 11.0 Å². The molecule has 0 bridgehead atoms. The standard InChI is InChI=1S/C22H23ClN4O2S/c1-29-19-11-4-3-10-18(19)21-24-25-22(27(21)17-9-7-8-16(23)14-17)30-15-20(28)26-12-5-2-6-13-26/h3-4,7-11,14H,2,5-6,12-13,15H2,1H3. The molecule has 1 aromatic heterocycles. The van der Waals surface area contributed by atoms with Crippen molar-refractivity contribution < 1.29 is 9.53 Å². The van der Waals surface area contributed by atoms with Gasteiger partial charge in [0.2, 0.25) is 5.91 Å². The summed E-state index contributed by atoms with van der Waals surface area (Å²) >= 11 is 7.65. The SMILES string of the molecule is COc1ccccc1-c1nnc(SCC(=O)N2CCCCC2)n1-c1cccc(Cl)c1. The second-order valence-electron chi connectivity index (χ2n) is 7.05. The van der Waals surface area contributed by atoms with Crippen molar-refractivity contribution in [2.45, 2.75) is 24.4 Å². The molecule has 0 unspecified atom stereocenters. The lowest BCUT2D eigenvalue weighted by Gasteiger charge is -2.26. The van der Waals surface area contributed by atoms with Crippen LogP contribution in [0.4, 0.5) is 0 Å². The van der Waals surface area contributed by atoms with Crippen LogP contribution < -0.4 is 4.74 Å². The van der Waals surface area contributed by atoms with Crippen LogP contribution in [-0.2, 0) is 4.79 Å². The van der Waals surface area contributed by atoms with E-state index in [-0.39, 0.29) is 5.91 Å². The number of benzene rings is 2. The topological polar surface area (TPSA) is 60.3 Å². The molecule has 2 heterocycles. The van der Waals surface area contributed by atoms with Crippen molar-refractivity contribution in [3.8, 4) is 22.8 Å². The first-order chi connectivity index (χ1) is 14.7. The molecular weight excluding hydrogens is 420 g/mol. The predicted molar refractivity (Wildman–Crippen MR) is 120 cm³/mol. The number of aromatic nitrogens is 3. The van der Waals surface area contributed by atoms with Gasteiger partial charge in [-0.05, 0) is 49.6 Å². The molecule has 0 spiro atoms. The Morgan fingerprint density at radius 3 is 2.67 bits per heavy atom. The van der Waals surface area contributed by atoms with Crippen LogP contribution in [0, 0.1) is 0 Å². The van der Waals surface area contributed by atoms with Crippen molar-refractivity contribution in [3.63, 3.8) is 0 Å². The van der Waals surface area contributed by atoms with Gasteiger partial charge in [0.05, 0.1) is 24.1 Å². The number of nitrogens with zero attached hydrogens (tertiary/aromatic N) is 4. The third-order valence-electron chi connectivity index (χ3n) is 5.08. The number of hydrogen-bond acceptors (Lipinski definition) is 5. The van der Waals surface area contributed by atoms with Crippen molar-refractivity contribution in [1.29, 1.82) is 0 Å². The van der Waals surface area contributed by atoms with Crippen LogP contribution in [0.2, 0.25) is 5.02 Å². The molecule has 156 valence electrons. The van der Waals surface area contributed by atoms with E-state index in [0.717, 1.165) is 37.2 Å². The molecule has 1 aliphatic heterocycles. The van der Waals surface area contributed by atoms with Gasteiger partial charge in [-0.15, -0.1) is 10.2 Å². The maximum Gasteiger partial charge on any atom is 0.233 e. The summed E-state index contributed by atoms with van der Waals surface area (Å²) in [5.41, 5.74) is 1.66. The fourth-order valence-corrected chi connectivity index (χ4v) is 4.62. The van der Waals surface area contributed by atoms with Gasteiger partial charge in [0, 0.05) is 18.1 Å². The molecule has 1 saturated heterocycles. The summed E-state index contributed by atoms with van der Waals surface area (Å²) in [6, 6.07) is 15.2. The summed E-state index contributed by atoms with van der Waals surface area (Å²) < 4.78 is 7.45. The van der Waals surface area contributed by atoms with Gasteiger partial charge in [-0.1, -0.05) is 41.6 Å². The number of carbonyl (C=O) groups excluding carboxylic acids is 1. The molecular formula is C22H23ClN4O2S. The number of hydrogen-bond donors (Lipinski definition) is 0. The van der Waals surface area contributed by atoms with Gasteiger partial charge in [-0.25, -0.2) is 0 Å². The normalized spacial score (nSPS) is 14.0. The Morgan fingerprint density at radius 2 is 1.90 bits per heavy atom. The summed E-state index contributed by atoms with van der Waals surface area (Å²) in [5.74, 6) is 1.81. The molecule has 2 aromatic carbocycles. The molecule has 3 aromatic rings. The lowest BCUT2D eigenvalue weighted by molar-refractivity contribution is -0.129. The molecule has 0 saturated carbocycles. The number of para-hydroxylation sites is 1. The maximum absolute atomic E-state index is 12.7. The van der Waals surface area contributed by atoms with Crippen molar-refractivity contribution in [2.75, 3.05) is 26.0 Å². The third kappa shape index (κ3) is 4.47. The summed E-state index contributed by atoms with van der Waals surface area (Å²) in [4.78, 5) is 14.6. The number of halogens is 1. The quantitative estimate of drug-likeness (QED) is 0.518. The smallest absolute Gasteiger partial charge is 0.233 e. The highest BCUT2D eigenvalue weighted by Gasteiger charge is 2.22. The van der Waals surface area contributed by atoms with E-state index in [1.807, 2.05) is 58.0 Å². The highest BCUT2D eigenvalue weighted by Crippen LogP contribution is 2.33. The monoisotopic (exact) mass is 442 g/mol.